The topological polar surface area (TPSA) is 64.0 Å². The Kier molecular flexibility index (Phi) is 3.65. The van der Waals surface area contributed by atoms with Crippen molar-refractivity contribution in [2.75, 3.05) is 12.3 Å². The van der Waals surface area contributed by atoms with Crippen LogP contribution in [0.4, 0.5) is 0 Å². The summed E-state index contributed by atoms with van der Waals surface area (Å²) in [5, 5.41) is 0. The molecule has 0 aliphatic carbocycles. The van der Waals surface area contributed by atoms with Crippen molar-refractivity contribution in [3.8, 4) is 0 Å². The van der Waals surface area contributed by atoms with Crippen molar-refractivity contribution in [2.45, 2.75) is 13.3 Å². The van der Waals surface area contributed by atoms with Crippen LogP contribution in [-0.2, 0) is 23.5 Å². The molecule has 0 radical (unpaired) electrons. The Hall–Kier alpha value is -0.880. The zero-order valence-electron chi connectivity index (χ0n) is 8.40. The quantitative estimate of drug-likeness (QED) is 0.749. The zero-order chi connectivity index (χ0) is 10.6. The monoisotopic (exact) mass is 217 g/mol. The van der Waals surface area contributed by atoms with Gasteiger partial charge < -0.3 is 4.57 Å². The summed E-state index contributed by atoms with van der Waals surface area (Å²) in [6, 6.07) is 0. The standard InChI is InChI=1S/C8H15N3O2S/c1-3-14(12,13)10-5-4-8-6-11(2)7-9-8/h6-7,10H,3-5H2,1-2H3. The lowest BCUT2D eigenvalue weighted by Gasteiger charge is -2.01. The van der Waals surface area contributed by atoms with Gasteiger partial charge in [0.05, 0.1) is 17.8 Å². The van der Waals surface area contributed by atoms with E-state index in [0.29, 0.717) is 13.0 Å². The Morgan fingerprint density at radius 1 is 1.57 bits per heavy atom. The molecule has 0 amide bonds. The van der Waals surface area contributed by atoms with Gasteiger partial charge in [-0.3, -0.25) is 0 Å². The van der Waals surface area contributed by atoms with Crippen LogP contribution in [0.1, 0.15) is 12.6 Å². The van der Waals surface area contributed by atoms with Gasteiger partial charge in [-0.2, -0.15) is 0 Å². The van der Waals surface area contributed by atoms with Crippen molar-refractivity contribution in [3.05, 3.63) is 18.2 Å². The van der Waals surface area contributed by atoms with Gasteiger partial charge in [-0.25, -0.2) is 18.1 Å². The van der Waals surface area contributed by atoms with Crippen LogP contribution in [0.5, 0.6) is 0 Å². The zero-order valence-corrected chi connectivity index (χ0v) is 9.21. The van der Waals surface area contributed by atoms with Crippen LogP contribution in [0.15, 0.2) is 12.5 Å². The highest BCUT2D eigenvalue weighted by molar-refractivity contribution is 7.89. The molecule has 14 heavy (non-hydrogen) atoms. The van der Waals surface area contributed by atoms with Gasteiger partial charge in [-0.15, -0.1) is 0 Å². The molecule has 6 heteroatoms. The Morgan fingerprint density at radius 3 is 2.79 bits per heavy atom. The molecule has 0 aliphatic heterocycles. The Balaban J connectivity index is 2.36. The summed E-state index contributed by atoms with van der Waals surface area (Å²) >= 11 is 0. The van der Waals surface area contributed by atoms with Gasteiger partial charge in [0, 0.05) is 26.2 Å². The van der Waals surface area contributed by atoms with E-state index in [1.54, 1.807) is 13.3 Å². The van der Waals surface area contributed by atoms with Crippen LogP contribution in [0.3, 0.4) is 0 Å². The molecule has 0 unspecified atom stereocenters. The average Bonchev–Trinajstić information content (AvgIpc) is 2.51. The molecule has 1 aromatic rings. The molecule has 1 aromatic heterocycles. The lowest BCUT2D eigenvalue weighted by molar-refractivity contribution is 0.582. The Morgan fingerprint density at radius 2 is 2.29 bits per heavy atom. The summed E-state index contributed by atoms with van der Waals surface area (Å²) in [5.41, 5.74) is 0.895. The highest BCUT2D eigenvalue weighted by Gasteiger charge is 2.05. The van der Waals surface area contributed by atoms with Gasteiger partial charge in [0.1, 0.15) is 0 Å². The van der Waals surface area contributed by atoms with Crippen molar-refractivity contribution in [3.63, 3.8) is 0 Å². The van der Waals surface area contributed by atoms with Crippen molar-refractivity contribution in [1.82, 2.24) is 14.3 Å². The molecular weight excluding hydrogens is 202 g/mol. The molecule has 0 saturated carbocycles. The highest BCUT2D eigenvalue weighted by Crippen LogP contribution is 1.94. The number of nitrogens with one attached hydrogen (secondary N) is 1. The summed E-state index contributed by atoms with van der Waals surface area (Å²) in [5.74, 6) is 0.120. The molecule has 1 heterocycles. The predicted octanol–water partition coefficient (Wildman–Crippen LogP) is -0.0981. The fourth-order valence-electron chi connectivity index (χ4n) is 1.03. The van der Waals surface area contributed by atoms with Gasteiger partial charge in [0.25, 0.3) is 0 Å². The maximum absolute atomic E-state index is 11.1. The first-order valence-corrected chi connectivity index (χ1v) is 6.13. The number of aromatic nitrogens is 2. The van der Waals surface area contributed by atoms with Crippen LogP contribution in [0.2, 0.25) is 0 Å². The second-order valence-electron chi connectivity index (χ2n) is 3.08. The first-order valence-electron chi connectivity index (χ1n) is 4.47. The van der Waals surface area contributed by atoms with Crippen LogP contribution < -0.4 is 4.72 Å². The van der Waals surface area contributed by atoms with Crippen molar-refractivity contribution in [2.24, 2.45) is 7.05 Å². The molecule has 0 bridgehead atoms. The molecule has 0 atom stereocenters. The van der Waals surface area contributed by atoms with E-state index in [4.69, 9.17) is 0 Å². The highest BCUT2D eigenvalue weighted by atomic mass is 32.2. The second kappa shape index (κ2) is 4.56. The molecule has 1 N–H and O–H groups in total. The summed E-state index contributed by atoms with van der Waals surface area (Å²) < 4.78 is 26.4. The van der Waals surface area contributed by atoms with Crippen LogP contribution >= 0.6 is 0 Å². The third-order valence-corrected chi connectivity index (χ3v) is 3.25. The number of rotatable bonds is 5. The SMILES string of the molecule is CCS(=O)(=O)NCCc1cn(C)cn1. The van der Waals surface area contributed by atoms with E-state index >= 15 is 0 Å². The molecule has 5 nitrogen and oxygen atoms in total. The van der Waals surface area contributed by atoms with Gasteiger partial charge in [0.2, 0.25) is 10.0 Å². The molecule has 0 spiro atoms. The first kappa shape index (κ1) is 11.2. The van der Waals surface area contributed by atoms with Gasteiger partial charge in [-0.05, 0) is 6.92 Å². The molecule has 0 saturated heterocycles. The lowest BCUT2D eigenvalue weighted by atomic mass is 10.3. The number of imidazole rings is 1. The maximum atomic E-state index is 11.1. The van der Waals surface area contributed by atoms with E-state index in [0.717, 1.165) is 5.69 Å². The maximum Gasteiger partial charge on any atom is 0.211 e. The van der Waals surface area contributed by atoms with Crippen LogP contribution in [0.25, 0.3) is 0 Å². The fraction of sp³-hybridized carbons (Fsp3) is 0.625. The largest absolute Gasteiger partial charge is 0.340 e. The van der Waals surface area contributed by atoms with Crippen molar-refractivity contribution in [1.29, 1.82) is 0 Å². The third-order valence-electron chi connectivity index (χ3n) is 1.84. The number of sulfonamides is 1. The number of nitrogens with zero attached hydrogens (tertiary/aromatic N) is 2. The van der Waals surface area contributed by atoms with Gasteiger partial charge >= 0.3 is 0 Å². The van der Waals surface area contributed by atoms with E-state index in [-0.39, 0.29) is 5.75 Å². The summed E-state index contributed by atoms with van der Waals surface area (Å²) in [4.78, 5) is 4.09. The predicted molar refractivity (Wildman–Crippen MR) is 54.4 cm³/mol. The summed E-state index contributed by atoms with van der Waals surface area (Å²) in [6.07, 6.45) is 4.20. The minimum atomic E-state index is -3.07. The first-order chi connectivity index (χ1) is 6.53. The van der Waals surface area contributed by atoms with E-state index in [1.807, 2.05) is 17.8 Å². The van der Waals surface area contributed by atoms with E-state index in [1.165, 1.54) is 0 Å². The Bertz CT molecular complexity index is 383. The van der Waals surface area contributed by atoms with Crippen LogP contribution in [-0.4, -0.2) is 30.3 Å². The molecule has 1 rings (SSSR count). The van der Waals surface area contributed by atoms with Crippen molar-refractivity contribution < 1.29 is 8.42 Å². The average molecular weight is 217 g/mol. The minimum absolute atomic E-state index is 0.120. The van der Waals surface area contributed by atoms with E-state index in [9.17, 15) is 8.42 Å². The molecule has 80 valence electrons. The Labute approximate surface area is 84.2 Å². The lowest BCUT2D eigenvalue weighted by Crippen LogP contribution is -2.27. The smallest absolute Gasteiger partial charge is 0.211 e. The van der Waals surface area contributed by atoms with E-state index in [2.05, 4.69) is 9.71 Å². The summed E-state index contributed by atoms with van der Waals surface area (Å²) in [7, 11) is -1.19. The molecule has 0 aromatic carbocycles. The fourth-order valence-corrected chi connectivity index (χ4v) is 1.65. The molecular formula is C8H15N3O2S. The number of aryl methyl sites for hydroxylation is 1. The third kappa shape index (κ3) is 3.47. The van der Waals surface area contributed by atoms with Gasteiger partial charge in [-0.1, -0.05) is 0 Å². The van der Waals surface area contributed by atoms with E-state index < -0.39 is 10.0 Å². The molecule has 0 aliphatic rings. The van der Waals surface area contributed by atoms with Gasteiger partial charge in [0.15, 0.2) is 0 Å². The number of hydrogen-bond acceptors (Lipinski definition) is 3. The number of hydrogen-bond donors (Lipinski definition) is 1. The molecule has 0 fully saturated rings. The van der Waals surface area contributed by atoms with Crippen LogP contribution in [0, 0.1) is 0 Å². The minimum Gasteiger partial charge on any atom is -0.340 e. The summed E-state index contributed by atoms with van der Waals surface area (Å²) in [6.45, 7) is 2.02. The second-order valence-corrected chi connectivity index (χ2v) is 5.17. The normalized spacial score (nSPS) is 11.9. The van der Waals surface area contributed by atoms with Crippen molar-refractivity contribution >= 4 is 10.0 Å².